The number of hydrogen-bond donors (Lipinski definition) is 0. The van der Waals surface area contributed by atoms with Crippen molar-refractivity contribution in [3.8, 4) is 33.4 Å². The molecule has 1 unspecified atom stereocenters. The highest BCUT2D eigenvalue weighted by Crippen LogP contribution is 2.64. The molecule has 0 saturated carbocycles. The maximum absolute atomic E-state index is 2.55. The van der Waals surface area contributed by atoms with Crippen LogP contribution in [-0.2, 0) is 5.41 Å². The standard InChI is InChI=1S/C51H30/c1-2-12-35-31(11-1)21-22-34-27-32(23-25-36(34)35)33-24-26-43-41-17-7-9-19-47(41)51(49(43)28-33)48-20-10-8-18-42(48)46-29-44-39-15-5-3-13-37(39)38-14-4-6-16-40(38)45(44)30-50(46)51/h1-30H. The zero-order chi connectivity index (χ0) is 33.3. The van der Waals surface area contributed by atoms with E-state index in [2.05, 4.69) is 182 Å². The van der Waals surface area contributed by atoms with Gasteiger partial charge in [0.15, 0.2) is 0 Å². The monoisotopic (exact) mass is 642 g/mol. The summed E-state index contributed by atoms with van der Waals surface area (Å²) in [5.41, 5.74) is 12.9. The van der Waals surface area contributed by atoms with Crippen LogP contribution < -0.4 is 0 Å². The Morgan fingerprint density at radius 3 is 1.43 bits per heavy atom. The van der Waals surface area contributed by atoms with Crippen molar-refractivity contribution < 1.29 is 0 Å². The van der Waals surface area contributed by atoms with Gasteiger partial charge in [-0.1, -0.05) is 158 Å². The van der Waals surface area contributed by atoms with E-state index in [1.807, 2.05) is 0 Å². The average Bonchev–Trinajstić information content (AvgIpc) is 3.66. The predicted molar refractivity (Wildman–Crippen MR) is 216 cm³/mol. The van der Waals surface area contributed by atoms with Gasteiger partial charge in [0.25, 0.3) is 0 Å². The molecule has 0 radical (unpaired) electrons. The molecule has 0 aromatic heterocycles. The van der Waals surface area contributed by atoms with Crippen LogP contribution in [0.5, 0.6) is 0 Å². The van der Waals surface area contributed by atoms with Gasteiger partial charge in [-0.25, -0.2) is 0 Å². The normalized spacial score (nSPS) is 15.5. The summed E-state index contributed by atoms with van der Waals surface area (Å²) in [5.74, 6) is 0. The molecule has 0 nitrogen and oxygen atoms in total. The minimum atomic E-state index is -0.429. The Bertz CT molecular complexity index is 3140. The second-order valence-electron chi connectivity index (χ2n) is 14.4. The number of fused-ring (bicyclic) bond motifs is 19. The second-order valence-corrected chi connectivity index (χ2v) is 14.4. The van der Waals surface area contributed by atoms with Crippen molar-refractivity contribution in [3.63, 3.8) is 0 Å². The molecule has 0 heteroatoms. The van der Waals surface area contributed by atoms with E-state index in [9.17, 15) is 0 Å². The lowest BCUT2D eigenvalue weighted by Crippen LogP contribution is -2.25. The topological polar surface area (TPSA) is 0 Å². The molecule has 0 N–H and O–H groups in total. The van der Waals surface area contributed by atoms with Gasteiger partial charge in [0, 0.05) is 0 Å². The highest BCUT2D eigenvalue weighted by molar-refractivity contribution is 6.26. The molecule has 0 heterocycles. The minimum absolute atomic E-state index is 0.429. The Balaban J connectivity index is 1.18. The van der Waals surface area contributed by atoms with Gasteiger partial charge in [0.05, 0.1) is 5.41 Å². The van der Waals surface area contributed by atoms with Crippen molar-refractivity contribution in [2.24, 2.45) is 0 Å². The van der Waals surface area contributed by atoms with Crippen LogP contribution >= 0.6 is 0 Å². The summed E-state index contributed by atoms with van der Waals surface area (Å²) in [6, 6.07) is 68.7. The highest BCUT2D eigenvalue weighted by atomic mass is 14.5. The molecule has 0 bridgehead atoms. The van der Waals surface area contributed by atoms with Crippen molar-refractivity contribution >= 4 is 53.9 Å². The van der Waals surface area contributed by atoms with Crippen LogP contribution in [0.25, 0.3) is 87.2 Å². The predicted octanol–water partition coefficient (Wildman–Crippen LogP) is 13.5. The molecule has 234 valence electrons. The maximum Gasteiger partial charge on any atom is 0.0725 e. The summed E-state index contributed by atoms with van der Waals surface area (Å²) in [4.78, 5) is 0. The number of benzene rings is 10. The molecular weight excluding hydrogens is 613 g/mol. The molecule has 0 amide bonds. The molecule has 2 aliphatic rings. The summed E-state index contributed by atoms with van der Waals surface area (Å²) < 4.78 is 0. The lowest BCUT2D eigenvalue weighted by molar-refractivity contribution is 0.795. The molecule has 1 spiro atoms. The van der Waals surface area contributed by atoms with Gasteiger partial charge in [-0.15, -0.1) is 0 Å². The van der Waals surface area contributed by atoms with E-state index in [-0.39, 0.29) is 0 Å². The van der Waals surface area contributed by atoms with E-state index in [4.69, 9.17) is 0 Å². The summed E-state index contributed by atoms with van der Waals surface area (Å²) in [7, 11) is 0. The molecule has 2 aliphatic carbocycles. The summed E-state index contributed by atoms with van der Waals surface area (Å²) in [6.07, 6.45) is 0. The first-order valence-corrected chi connectivity index (χ1v) is 17.9. The Morgan fingerprint density at radius 2 is 0.706 bits per heavy atom. The largest absolute Gasteiger partial charge is 0.0725 e. The fraction of sp³-hybridized carbons (Fsp3) is 0.0196. The minimum Gasteiger partial charge on any atom is -0.0619 e. The Hall–Kier alpha value is -6.50. The van der Waals surface area contributed by atoms with E-state index in [0.29, 0.717) is 0 Å². The summed E-state index contributed by atoms with van der Waals surface area (Å²) in [5, 5.41) is 13.0. The molecule has 51 heavy (non-hydrogen) atoms. The quantitative estimate of drug-likeness (QED) is 0.156. The zero-order valence-electron chi connectivity index (χ0n) is 27.8. The van der Waals surface area contributed by atoms with Gasteiger partial charge < -0.3 is 0 Å². The third-order valence-electron chi connectivity index (χ3n) is 12.0. The van der Waals surface area contributed by atoms with Crippen LogP contribution in [0.2, 0.25) is 0 Å². The Morgan fingerprint density at radius 1 is 0.235 bits per heavy atom. The fourth-order valence-corrected chi connectivity index (χ4v) is 9.91. The van der Waals surface area contributed by atoms with Crippen LogP contribution in [0.4, 0.5) is 0 Å². The van der Waals surface area contributed by atoms with Gasteiger partial charge in [-0.2, -0.15) is 0 Å². The Labute approximate surface area is 295 Å². The first-order valence-electron chi connectivity index (χ1n) is 17.9. The smallest absolute Gasteiger partial charge is 0.0619 e. The molecular formula is C51H30. The van der Waals surface area contributed by atoms with Crippen LogP contribution in [0, 0.1) is 0 Å². The number of hydrogen-bond acceptors (Lipinski definition) is 0. The molecule has 0 saturated heterocycles. The molecule has 1 atom stereocenters. The lowest BCUT2D eigenvalue weighted by Gasteiger charge is -2.31. The van der Waals surface area contributed by atoms with Crippen LogP contribution in [0.1, 0.15) is 22.3 Å². The van der Waals surface area contributed by atoms with E-state index in [1.165, 1.54) is 109 Å². The van der Waals surface area contributed by atoms with Gasteiger partial charge in [-0.05, 0) is 134 Å². The van der Waals surface area contributed by atoms with Gasteiger partial charge >= 0.3 is 0 Å². The first kappa shape index (κ1) is 27.3. The third-order valence-corrected chi connectivity index (χ3v) is 12.0. The SMILES string of the molecule is c1ccc2c(c1)-c1ccc(-c3ccc4c(ccc5ccccc54)c3)cc1C21c2ccccc2-c2cc3c4ccccc4c4ccccc4c3cc21. The Kier molecular flexibility index (Phi) is 5.26. The first-order chi connectivity index (χ1) is 25.3. The van der Waals surface area contributed by atoms with Crippen LogP contribution in [-0.4, -0.2) is 0 Å². The molecule has 12 rings (SSSR count). The molecule has 10 aromatic carbocycles. The van der Waals surface area contributed by atoms with Crippen molar-refractivity contribution in [2.45, 2.75) is 5.41 Å². The van der Waals surface area contributed by atoms with Crippen LogP contribution in [0.15, 0.2) is 182 Å². The summed E-state index contributed by atoms with van der Waals surface area (Å²) >= 11 is 0. The average molecular weight is 643 g/mol. The highest BCUT2D eigenvalue weighted by Gasteiger charge is 2.51. The second kappa shape index (κ2) is 9.81. The fourth-order valence-electron chi connectivity index (χ4n) is 9.91. The zero-order valence-corrected chi connectivity index (χ0v) is 27.8. The summed E-state index contributed by atoms with van der Waals surface area (Å²) in [6.45, 7) is 0. The maximum atomic E-state index is 2.55. The van der Waals surface area contributed by atoms with Crippen molar-refractivity contribution in [1.29, 1.82) is 0 Å². The third kappa shape index (κ3) is 3.44. The van der Waals surface area contributed by atoms with Crippen molar-refractivity contribution in [2.75, 3.05) is 0 Å². The lowest BCUT2D eigenvalue weighted by atomic mass is 9.70. The van der Waals surface area contributed by atoms with Gasteiger partial charge in [0.1, 0.15) is 0 Å². The van der Waals surface area contributed by atoms with E-state index in [0.717, 1.165) is 0 Å². The van der Waals surface area contributed by atoms with Gasteiger partial charge in [0.2, 0.25) is 0 Å². The molecule has 0 aliphatic heterocycles. The van der Waals surface area contributed by atoms with E-state index < -0.39 is 5.41 Å². The van der Waals surface area contributed by atoms with Crippen LogP contribution in [0.3, 0.4) is 0 Å². The van der Waals surface area contributed by atoms with Gasteiger partial charge in [-0.3, -0.25) is 0 Å². The van der Waals surface area contributed by atoms with E-state index >= 15 is 0 Å². The van der Waals surface area contributed by atoms with Crippen molar-refractivity contribution in [3.05, 3.63) is 204 Å². The number of rotatable bonds is 1. The van der Waals surface area contributed by atoms with Crippen molar-refractivity contribution in [1.82, 2.24) is 0 Å². The molecule has 0 fully saturated rings. The van der Waals surface area contributed by atoms with E-state index in [1.54, 1.807) is 0 Å². The molecule has 10 aromatic rings.